The van der Waals surface area contributed by atoms with E-state index in [0.717, 1.165) is 0 Å². The topological polar surface area (TPSA) is 95.1 Å². The summed E-state index contributed by atoms with van der Waals surface area (Å²) in [6.07, 6.45) is 0. The molecule has 1 heterocycles. The number of halogens is 1. The zero-order valence-electron chi connectivity index (χ0n) is 15.0. The van der Waals surface area contributed by atoms with E-state index < -0.39 is 18.0 Å². The van der Waals surface area contributed by atoms with Crippen molar-refractivity contribution in [1.29, 1.82) is 0 Å². The third kappa shape index (κ3) is 3.65. The second-order valence-electron chi connectivity index (χ2n) is 5.20. The number of rotatable bonds is 7. The summed E-state index contributed by atoms with van der Waals surface area (Å²) in [5.74, 6) is 0.476. The van der Waals surface area contributed by atoms with Crippen LogP contribution in [-0.4, -0.2) is 45.8 Å². The number of carbonyl (C=O) groups excluding carboxylic acids is 2. The average molecular weight is 385 g/mol. The Bertz CT molecular complexity index is 734. The van der Waals surface area contributed by atoms with Crippen molar-refractivity contribution in [3.63, 3.8) is 0 Å². The van der Waals surface area contributed by atoms with Gasteiger partial charge in [-0.2, -0.15) is 0 Å². The highest BCUT2D eigenvalue weighted by atomic mass is 35.5. The van der Waals surface area contributed by atoms with E-state index in [1.165, 1.54) is 21.3 Å². The minimum absolute atomic E-state index is 0.0618. The smallest absolute Gasteiger partial charge is 0.338 e. The Kier molecular flexibility index (Phi) is 6.57. The molecule has 0 spiro atoms. The number of methoxy groups -OCH3 is 3. The molecule has 1 aromatic rings. The Labute approximate surface area is 156 Å². The summed E-state index contributed by atoms with van der Waals surface area (Å²) in [7, 11) is 4.43. The number of nitrogens with one attached hydrogen (secondary N) is 2. The van der Waals surface area contributed by atoms with Crippen molar-refractivity contribution in [1.82, 2.24) is 10.6 Å². The number of ether oxygens (including phenoxy) is 4. The predicted octanol–water partition coefficient (Wildman–Crippen LogP) is 2.12. The van der Waals surface area contributed by atoms with Crippen molar-refractivity contribution in [2.75, 3.05) is 33.8 Å². The van der Waals surface area contributed by atoms with Gasteiger partial charge in [0.1, 0.15) is 0 Å². The molecule has 2 rings (SSSR count). The summed E-state index contributed by atoms with van der Waals surface area (Å²) in [6, 6.07) is 2.03. The maximum Gasteiger partial charge on any atom is 0.338 e. The van der Waals surface area contributed by atoms with Crippen molar-refractivity contribution in [3.05, 3.63) is 29.0 Å². The van der Waals surface area contributed by atoms with Crippen LogP contribution in [0.5, 0.6) is 17.2 Å². The first-order valence-electron chi connectivity index (χ1n) is 7.84. The van der Waals surface area contributed by atoms with Gasteiger partial charge in [-0.3, -0.25) is 0 Å². The van der Waals surface area contributed by atoms with E-state index in [1.807, 2.05) is 0 Å². The lowest BCUT2D eigenvalue weighted by Crippen LogP contribution is -2.46. The number of hydrogen-bond acceptors (Lipinski definition) is 6. The molecule has 9 heteroatoms. The molecule has 142 valence electrons. The van der Waals surface area contributed by atoms with Gasteiger partial charge in [0.2, 0.25) is 5.75 Å². The van der Waals surface area contributed by atoms with Gasteiger partial charge in [0.15, 0.2) is 11.5 Å². The summed E-state index contributed by atoms with van der Waals surface area (Å²) in [5, 5.41) is 5.25. The van der Waals surface area contributed by atoms with E-state index >= 15 is 0 Å². The molecule has 0 fully saturated rings. The second kappa shape index (κ2) is 8.66. The van der Waals surface area contributed by atoms with Crippen LogP contribution in [0.3, 0.4) is 0 Å². The number of amides is 2. The number of allylic oxidation sites excluding steroid dienone is 1. The molecule has 26 heavy (non-hydrogen) atoms. The van der Waals surface area contributed by atoms with Gasteiger partial charge in [-0.05, 0) is 19.1 Å². The van der Waals surface area contributed by atoms with Gasteiger partial charge in [0, 0.05) is 11.3 Å². The maximum absolute atomic E-state index is 12.5. The number of urea groups is 1. The Balaban J connectivity index is 2.67. The molecule has 1 aromatic carbocycles. The highest BCUT2D eigenvalue weighted by molar-refractivity contribution is 6.20. The molecule has 0 saturated carbocycles. The van der Waals surface area contributed by atoms with Gasteiger partial charge in [0.05, 0.1) is 45.4 Å². The molecule has 1 aliphatic heterocycles. The van der Waals surface area contributed by atoms with Crippen molar-refractivity contribution in [2.24, 2.45) is 0 Å². The van der Waals surface area contributed by atoms with Crippen molar-refractivity contribution >= 4 is 23.6 Å². The van der Waals surface area contributed by atoms with Crippen LogP contribution < -0.4 is 24.8 Å². The standard InChI is InChI=1S/C17H21ClN2O6/c1-5-26-16(21)12-10(8-18)19-17(22)20-13(12)9-6-7-11(23-2)15(25-4)14(9)24-3/h6-7,13H,5,8H2,1-4H3,(H2,19,20,22)/t13-/m1/s1. The summed E-state index contributed by atoms with van der Waals surface area (Å²) < 4.78 is 21.2. The molecular formula is C17H21ClN2O6. The van der Waals surface area contributed by atoms with Crippen LogP contribution in [0.25, 0.3) is 0 Å². The molecule has 0 bridgehead atoms. The third-order valence-corrected chi connectivity index (χ3v) is 4.10. The minimum atomic E-state index is -0.827. The lowest BCUT2D eigenvalue weighted by atomic mass is 9.94. The summed E-state index contributed by atoms with van der Waals surface area (Å²) in [5.41, 5.74) is 0.980. The summed E-state index contributed by atoms with van der Waals surface area (Å²) >= 11 is 5.93. The maximum atomic E-state index is 12.5. The molecule has 1 aliphatic rings. The first-order chi connectivity index (χ1) is 12.5. The van der Waals surface area contributed by atoms with Gasteiger partial charge in [0.25, 0.3) is 0 Å². The second-order valence-corrected chi connectivity index (χ2v) is 5.47. The average Bonchev–Trinajstić information content (AvgIpc) is 2.65. The molecule has 1 atom stereocenters. The molecule has 0 aromatic heterocycles. The van der Waals surface area contributed by atoms with Crippen LogP contribution in [0.1, 0.15) is 18.5 Å². The van der Waals surface area contributed by atoms with Crippen LogP contribution in [-0.2, 0) is 9.53 Å². The lowest BCUT2D eigenvalue weighted by Gasteiger charge is -2.30. The van der Waals surface area contributed by atoms with Crippen LogP contribution in [0.2, 0.25) is 0 Å². The third-order valence-electron chi connectivity index (χ3n) is 3.83. The van der Waals surface area contributed by atoms with Crippen molar-refractivity contribution < 1.29 is 28.5 Å². The summed E-state index contributed by atoms with van der Waals surface area (Å²) in [4.78, 5) is 24.6. The minimum Gasteiger partial charge on any atom is -0.493 e. The fraction of sp³-hybridized carbons (Fsp3) is 0.412. The molecule has 0 aliphatic carbocycles. The van der Waals surface area contributed by atoms with E-state index in [9.17, 15) is 9.59 Å². The number of esters is 1. The SMILES string of the molecule is CCOC(=O)C1=C(CCl)NC(=O)N[C@@H]1c1ccc(OC)c(OC)c1OC. The zero-order chi connectivity index (χ0) is 19.3. The van der Waals surface area contributed by atoms with Gasteiger partial charge >= 0.3 is 12.0 Å². The van der Waals surface area contributed by atoms with Crippen LogP contribution in [0, 0.1) is 0 Å². The lowest BCUT2D eigenvalue weighted by molar-refractivity contribution is -0.139. The van der Waals surface area contributed by atoms with Crippen LogP contribution in [0.15, 0.2) is 23.4 Å². The first-order valence-corrected chi connectivity index (χ1v) is 8.38. The van der Waals surface area contributed by atoms with E-state index in [-0.39, 0.29) is 23.8 Å². The van der Waals surface area contributed by atoms with E-state index in [2.05, 4.69) is 10.6 Å². The highest BCUT2D eigenvalue weighted by Crippen LogP contribution is 2.44. The zero-order valence-corrected chi connectivity index (χ0v) is 15.7. The Morgan fingerprint density at radius 1 is 1.15 bits per heavy atom. The van der Waals surface area contributed by atoms with Gasteiger partial charge < -0.3 is 29.6 Å². The Morgan fingerprint density at radius 3 is 2.38 bits per heavy atom. The van der Waals surface area contributed by atoms with E-state index in [4.69, 9.17) is 30.5 Å². The number of benzene rings is 1. The quantitative estimate of drug-likeness (QED) is 0.552. The van der Waals surface area contributed by atoms with E-state index in [1.54, 1.807) is 19.1 Å². The van der Waals surface area contributed by atoms with E-state index in [0.29, 0.717) is 22.8 Å². The molecule has 0 radical (unpaired) electrons. The van der Waals surface area contributed by atoms with Crippen LogP contribution in [0.4, 0.5) is 4.79 Å². The molecule has 2 N–H and O–H groups in total. The van der Waals surface area contributed by atoms with Crippen molar-refractivity contribution in [2.45, 2.75) is 13.0 Å². The van der Waals surface area contributed by atoms with Gasteiger partial charge in [-0.15, -0.1) is 11.6 Å². The molecule has 8 nitrogen and oxygen atoms in total. The molecular weight excluding hydrogens is 364 g/mol. The molecule has 0 saturated heterocycles. The Morgan fingerprint density at radius 2 is 1.85 bits per heavy atom. The van der Waals surface area contributed by atoms with Gasteiger partial charge in [-0.25, -0.2) is 9.59 Å². The van der Waals surface area contributed by atoms with Crippen molar-refractivity contribution in [3.8, 4) is 17.2 Å². The number of alkyl halides is 1. The Hall–Kier alpha value is -2.61. The highest BCUT2D eigenvalue weighted by Gasteiger charge is 2.36. The summed E-state index contributed by atoms with van der Waals surface area (Å²) in [6.45, 7) is 1.88. The largest absolute Gasteiger partial charge is 0.493 e. The predicted molar refractivity (Wildman–Crippen MR) is 94.9 cm³/mol. The number of carbonyl (C=O) groups is 2. The monoisotopic (exact) mass is 384 g/mol. The fourth-order valence-corrected chi connectivity index (χ4v) is 2.97. The first kappa shape index (κ1) is 19.7. The number of hydrogen-bond donors (Lipinski definition) is 2. The van der Waals surface area contributed by atoms with Crippen LogP contribution >= 0.6 is 11.6 Å². The molecule has 0 unspecified atom stereocenters. The normalized spacial score (nSPS) is 16.5. The van der Waals surface area contributed by atoms with Gasteiger partial charge in [-0.1, -0.05) is 0 Å². The fourth-order valence-electron chi connectivity index (χ4n) is 2.76. The molecule has 2 amide bonds.